The van der Waals surface area contributed by atoms with Gasteiger partial charge in [0.1, 0.15) is 0 Å². The van der Waals surface area contributed by atoms with Crippen LogP contribution in [0.25, 0.3) is 0 Å². The minimum atomic E-state index is -1.11. The normalized spacial score (nSPS) is 12.1. The Balaban J connectivity index is 2.30. The molecule has 6 heteroatoms. The standard InChI is InChI=1S/C19H24N2O3S/c1-4-5-11-16(18(23)24)25-19-20-13(2)15(17(22)21(19)3)12-14-9-7-6-8-10-14/h6-10,16H,4-5,11-12H2,1-3H3,(H,23,24)/p-1/t16-/m0/s1. The van der Waals surface area contributed by atoms with Crippen LogP contribution in [0.5, 0.6) is 0 Å². The molecule has 0 aliphatic heterocycles. The summed E-state index contributed by atoms with van der Waals surface area (Å²) in [5, 5.41) is 11.1. The van der Waals surface area contributed by atoms with Gasteiger partial charge in [-0.2, -0.15) is 0 Å². The van der Waals surface area contributed by atoms with Gasteiger partial charge in [0.05, 0.1) is 11.2 Å². The van der Waals surface area contributed by atoms with Gasteiger partial charge in [0.15, 0.2) is 5.16 Å². The molecule has 2 rings (SSSR count). The molecule has 0 unspecified atom stereocenters. The van der Waals surface area contributed by atoms with E-state index in [2.05, 4.69) is 4.98 Å². The van der Waals surface area contributed by atoms with Crippen molar-refractivity contribution in [3.05, 3.63) is 57.5 Å². The first kappa shape index (κ1) is 19.2. The smallest absolute Gasteiger partial charge is 0.257 e. The number of unbranched alkanes of at least 4 members (excludes halogenated alkanes) is 1. The number of carboxylic acids is 1. The zero-order chi connectivity index (χ0) is 18.4. The van der Waals surface area contributed by atoms with E-state index in [-0.39, 0.29) is 5.56 Å². The highest BCUT2D eigenvalue weighted by Gasteiger charge is 2.18. The third-order valence-electron chi connectivity index (χ3n) is 4.10. The van der Waals surface area contributed by atoms with Crippen molar-refractivity contribution in [2.75, 3.05) is 0 Å². The molecule has 0 amide bonds. The Labute approximate surface area is 152 Å². The van der Waals surface area contributed by atoms with E-state index in [0.29, 0.717) is 29.3 Å². The third kappa shape index (κ3) is 4.95. The minimum absolute atomic E-state index is 0.133. The molecule has 0 saturated carbocycles. The van der Waals surface area contributed by atoms with Gasteiger partial charge in [0.25, 0.3) is 5.56 Å². The monoisotopic (exact) mass is 359 g/mol. The van der Waals surface area contributed by atoms with Gasteiger partial charge in [-0.05, 0) is 18.9 Å². The molecular formula is C19H23N2O3S-. The largest absolute Gasteiger partial charge is 0.549 e. The van der Waals surface area contributed by atoms with Crippen LogP contribution in [0.15, 0.2) is 40.3 Å². The number of thioether (sulfide) groups is 1. The second kappa shape index (κ2) is 8.85. The summed E-state index contributed by atoms with van der Waals surface area (Å²) in [4.78, 5) is 28.6. The first-order valence-electron chi connectivity index (χ1n) is 8.42. The molecule has 1 aromatic carbocycles. The van der Waals surface area contributed by atoms with E-state index < -0.39 is 11.2 Å². The van der Waals surface area contributed by atoms with Gasteiger partial charge in [0.2, 0.25) is 0 Å². The van der Waals surface area contributed by atoms with Crippen molar-refractivity contribution in [1.82, 2.24) is 9.55 Å². The van der Waals surface area contributed by atoms with Crippen LogP contribution in [-0.2, 0) is 18.3 Å². The highest BCUT2D eigenvalue weighted by Crippen LogP contribution is 2.25. The van der Waals surface area contributed by atoms with Crippen LogP contribution in [0.1, 0.15) is 43.0 Å². The van der Waals surface area contributed by atoms with E-state index in [9.17, 15) is 14.7 Å². The zero-order valence-electron chi connectivity index (χ0n) is 14.8. The fourth-order valence-corrected chi connectivity index (χ4v) is 3.65. The van der Waals surface area contributed by atoms with Crippen molar-refractivity contribution in [3.63, 3.8) is 0 Å². The number of carbonyl (C=O) groups is 1. The quantitative estimate of drug-likeness (QED) is 0.533. The number of carboxylic acid groups (broad SMARTS) is 1. The van der Waals surface area contributed by atoms with Gasteiger partial charge in [-0.15, -0.1) is 0 Å². The highest BCUT2D eigenvalue weighted by atomic mass is 32.2. The molecule has 25 heavy (non-hydrogen) atoms. The second-order valence-corrected chi connectivity index (χ2v) is 7.22. The third-order valence-corrected chi connectivity index (χ3v) is 5.39. The van der Waals surface area contributed by atoms with Crippen molar-refractivity contribution in [2.45, 2.75) is 49.9 Å². The minimum Gasteiger partial charge on any atom is -0.549 e. The Morgan fingerprint density at radius 2 is 2.00 bits per heavy atom. The summed E-state index contributed by atoms with van der Waals surface area (Å²) in [6.07, 6.45) is 2.72. The van der Waals surface area contributed by atoms with E-state index in [1.54, 1.807) is 14.0 Å². The Kier molecular flexibility index (Phi) is 6.82. The average molecular weight is 359 g/mol. The topological polar surface area (TPSA) is 75.0 Å². The molecule has 5 nitrogen and oxygen atoms in total. The lowest BCUT2D eigenvalue weighted by Crippen LogP contribution is -2.34. The van der Waals surface area contributed by atoms with Crippen LogP contribution in [-0.4, -0.2) is 20.8 Å². The lowest BCUT2D eigenvalue weighted by molar-refractivity contribution is -0.304. The summed E-state index contributed by atoms with van der Waals surface area (Å²) in [5.41, 5.74) is 2.19. The van der Waals surface area contributed by atoms with E-state index in [1.165, 1.54) is 4.57 Å². The molecule has 0 aliphatic rings. The first-order valence-corrected chi connectivity index (χ1v) is 9.30. The van der Waals surface area contributed by atoms with Crippen molar-refractivity contribution in [3.8, 4) is 0 Å². The Hall–Kier alpha value is -2.08. The average Bonchev–Trinajstić information content (AvgIpc) is 2.60. The summed E-state index contributed by atoms with van der Waals surface area (Å²) < 4.78 is 1.44. The number of rotatable bonds is 8. The number of aryl methyl sites for hydroxylation is 1. The van der Waals surface area contributed by atoms with Crippen LogP contribution in [0, 0.1) is 6.92 Å². The molecule has 134 valence electrons. The molecule has 0 fully saturated rings. The molecule has 2 aromatic rings. The maximum Gasteiger partial charge on any atom is 0.257 e. The SMILES string of the molecule is CCCC[C@H](Sc1nc(C)c(Cc2ccccc2)c(=O)n1C)C(=O)[O-]. The van der Waals surface area contributed by atoms with Crippen molar-refractivity contribution >= 4 is 17.7 Å². The summed E-state index contributed by atoms with van der Waals surface area (Å²) >= 11 is 1.10. The van der Waals surface area contributed by atoms with Gasteiger partial charge in [0, 0.05) is 24.7 Å². The van der Waals surface area contributed by atoms with Gasteiger partial charge in [-0.1, -0.05) is 61.9 Å². The summed E-state index contributed by atoms with van der Waals surface area (Å²) in [6.45, 7) is 3.80. The van der Waals surface area contributed by atoms with Crippen LogP contribution in [0.4, 0.5) is 0 Å². The second-order valence-electron chi connectivity index (χ2n) is 6.05. The van der Waals surface area contributed by atoms with E-state index in [0.717, 1.165) is 30.2 Å². The Bertz CT molecular complexity index is 787. The Morgan fingerprint density at radius 3 is 2.60 bits per heavy atom. The molecule has 0 bridgehead atoms. The molecule has 1 heterocycles. The summed E-state index contributed by atoms with van der Waals surface area (Å²) in [7, 11) is 1.64. The predicted octanol–water partition coefficient (Wildman–Crippen LogP) is 2.08. The van der Waals surface area contributed by atoms with Gasteiger partial charge in [-0.25, -0.2) is 4.98 Å². The molecule has 0 N–H and O–H groups in total. The number of nitrogens with zero attached hydrogens (tertiary/aromatic N) is 2. The van der Waals surface area contributed by atoms with Crippen LogP contribution < -0.4 is 10.7 Å². The maximum atomic E-state index is 12.7. The van der Waals surface area contributed by atoms with Gasteiger partial charge < -0.3 is 9.90 Å². The van der Waals surface area contributed by atoms with Gasteiger partial charge >= 0.3 is 0 Å². The van der Waals surface area contributed by atoms with Crippen molar-refractivity contribution < 1.29 is 9.90 Å². The van der Waals surface area contributed by atoms with E-state index in [1.807, 2.05) is 37.3 Å². The van der Waals surface area contributed by atoms with Gasteiger partial charge in [-0.3, -0.25) is 9.36 Å². The van der Waals surface area contributed by atoms with Crippen molar-refractivity contribution in [1.29, 1.82) is 0 Å². The van der Waals surface area contributed by atoms with Crippen LogP contribution in [0.3, 0.4) is 0 Å². The molecule has 0 spiro atoms. The van der Waals surface area contributed by atoms with Crippen LogP contribution in [0.2, 0.25) is 0 Å². The van der Waals surface area contributed by atoms with Crippen LogP contribution >= 0.6 is 11.8 Å². The first-order chi connectivity index (χ1) is 11.9. The predicted molar refractivity (Wildman–Crippen MR) is 97.6 cm³/mol. The lowest BCUT2D eigenvalue weighted by Gasteiger charge is -2.19. The molecular weight excluding hydrogens is 336 g/mol. The van der Waals surface area contributed by atoms with E-state index in [4.69, 9.17) is 0 Å². The molecule has 0 aliphatic carbocycles. The number of hydrogen-bond acceptors (Lipinski definition) is 5. The summed E-state index contributed by atoms with van der Waals surface area (Å²) in [5.74, 6) is -1.11. The fourth-order valence-electron chi connectivity index (χ4n) is 2.58. The molecule has 1 aromatic heterocycles. The molecule has 0 saturated heterocycles. The number of benzene rings is 1. The number of aliphatic carboxylic acids is 1. The maximum absolute atomic E-state index is 12.7. The molecule has 0 radical (unpaired) electrons. The number of hydrogen-bond donors (Lipinski definition) is 0. The molecule has 1 atom stereocenters. The van der Waals surface area contributed by atoms with E-state index >= 15 is 0 Å². The highest BCUT2D eigenvalue weighted by molar-refractivity contribution is 8.00. The zero-order valence-corrected chi connectivity index (χ0v) is 15.6. The fraction of sp³-hybridized carbons (Fsp3) is 0.421. The number of carbonyl (C=O) groups excluding carboxylic acids is 1. The van der Waals surface area contributed by atoms with Crippen molar-refractivity contribution in [2.24, 2.45) is 7.05 Å². The Morgan fingerprint density at radius 1 is 1.32 bits per heavy atom. The lowest BCUT2D eigenvalue weighted by atomic mass is 10.1. The summed E-state index contributed by atoms with van der Waals surface area (Å²) in [6, 6.07) is 9.75. The number of aromatic nitrogens is 2.